The van der Waals surface area contributed by atoms with Gasteiger partial charge in [-0.3, -0.25) is 4.57 Å². The number of rotatable bonds is 12. The molecule has 2 heterocycles. The smallest absolute Gasteiger partial charge is 0.394 e. The van der Waals surface area contributed by atoms with Gasteiger partial charge in [0.25, 0.3) is 12.1 Å². The van der Waals surface area contributed by atoms with Crippen LogP contribution in [0.2, 0.25) is 0 Å². The molecule has 3 unspecified atom stereocenters. The third kappa shape index (κ3) is 5.41. The van der Waals surface area contributed by atoms with Gasteiger partial charge in [0, 0.05) is 6.42 Å². The van der Waals surface area contributed by atoms with Crippen LogP contribution in [0, 0.1) is 0 Å². The first kappa shape index (κ1) is 24.4. The van der Waals surface area contributed by atoms with E-state index in [0.717, 1.165) is 12.7 Å². The lowest BCUT2D eigenvalue weighted by Gasteiger charge is -2.26. The fourth-order valence-corrected chi connectivity index (χ4v) is 3.87. The molecule has 0 saturated carbocycles. The fraction of sp³-hybridized carbons (Fsp3) is 0.722. The Morgan fingerprint density at radius 1 is 1.40 bits per heavy atom. The zero-order valence-electron chi connectivity index (χ0n) is 17.8. The van der Waals surface area contributed by atoms with E-state index in [0.29, 0.717) is 17.6 Å². The van der Waals surface area contributed by atoms with Crippen molar-refractivity contribution in [3.63, 3.8) is 0 Å². The minimum absolute atomic E-state index is 0.0169. The number of aromatic nitrogens is 4. The van der Waals surface area contributed by atoms with Gasteiger partial charge >= 0.3 is 8.03 Å². The van der Waals surface area contributed by atoms with Crippen molar-refractivity contribution in [2.45, 2.75) is 70.5 Å². The van der Waals surface area contributed by atoms with Gasteiger partial charge in [-0.15, -0.1) is 4.52 Å². The summed E-state index contributed by atoms with van der Waals surface area (Å²) in [4.78, 5) is 8.19. The Labute approximate surface area is 176 Å². The van der Waals surface area contributed by atoms with E-state index < -0.39 is 32.6 Å². The zero-order valence-corrected chi connectivity index (χ0v) is 18.7. The van der Waals surface area contributed by atoms with Gasteiger partial charge in [-0.25, -0.2) is 4.98 Å². The largest absolute Gasteiger partial charge is 0.511 e. The Morgan fingerprint density at radius 3 is 2.70 bits per heavy atom. The zero-order chi connectivity index (χ0) is 22.5. The van der Waals surface area contributed by atoms with E-state index >= 15 is 0 Å². The monoisotopic (exact) mass is 445 g/mol. The lowest BCUT2D eigenvalue weighted by molar-refractivity contribution is -0.894. The van der Waals surface area contributed by atoms with Crippen LogP contribution in [0.1, 0.15) is 53.2 Å². The van der Waals surface area contributed by atoms with Gasteiger partial charge in [-0.1, -0.05) is 23.6 Å². The highest BCUT2D eigenvalue weighted by Crippen LogP contribution is 2.39. The molecule has 5 N–H and O–H groups in total. The molecule has 0 radical (unpaired) electrons. The van der Waals surface area contributed by atoms with E-state index in [4.69, 9.17) is 15.0 Å². The van der Waals surface area contributed by atoms with Crippen molar-refractivity contribution in [2.24, 2.45) is 0 Å². The maximum Gasteiger partial charge on any atom is 0.511 e. The molecule has 0 bridgehead atoms. The Bertz CT molecular complexity index is 865. The third-order valence-electron chi connectivity index (χ3n) is 5.27. The van der Waals surface area contributed by atoms with Gasteiger partial charge in [0.05, 0.1) is 13.2 Å². The maximum absolute atomic E-state index is 12.3. The molecule has 12 heteroatoms. The number of hydrogen-bond acceptors (Lipinski definition) is 9. The normalized spacial score (nSPS) is 17.5. The molecule has 0 amide bonds. The molecule has 0 aliphatic rings. The quantitative estimate of drug-likeness (QED) is 0.216. The molecule has 0 aliphatic carbocycles. The van der Waals surface area contributed by atoms with E-state index in [2.05, 4.69) is 9.97 Å². The SMILES string of the molecule is CCC(C)[P+](=O)O[C@@](C)(CC)CCOC([C@H](O)CO)n1cnc2c(N)[n+](O)cnc21. The van der Waals surface area contributed by atoms with Crippen molar-refractivity contribution in [1.29, 1.82) is 0 Å². The van der Waals surface area contributed by atoms with E-state index in [-0.39, 0.29) is 29.2 Å². The second-order valence-corrected chi connectivity index (χ2v) is 9.13. The molecule has 5 atom stereocenters. The highest BCUT2D eigenvalue weighted by Gasteiger charge is 2.38. The maximum atomic E-state index is 12.3. The van der Waals surface area contributed by atoms with Crippen LogP contribution in [-0.4, -0.2) is 60.5 Å². The fourth-order valence-electron chi connectivity index (χ4n) is 2.74. The molecule has 11 nitrogen and oxygen atoms in total. The van der Waals surface area contributed by atoms with Crippen molar-refractivity contribution < 1.29 is 34.0 Å². The number of imidazole rings is 1. The molecule has 0 aliphatic heterocycles. The Balaban J connectivity index is 2.16. The van der Waals surface area contributed by atoms with Gasteiger partial charge in [0.2, 0.25) is 11.2 Å². The molecule has 0 fully saturated rings. The second kappa shape index (κ2) is 10.4. The molecule has 0 saturated heterocycles. The Morgan fingerprint density at radius 2 is 2.10 bits per heavy atom. The second-order valence-electron chi connectivity index (χ2n) is 7.50. The summed E-state index contributed by atoms with van der Waals surface area (Å²) in [6.07, 6.45) is 2.04. The number of nitrogen functional groups attached to an aromatic ring is 1. The van der Waals surface area contributed by atoms with Crippen LogP contribution >= 0.6 is 8.03 Å². The molecule has 168 valence electrons. The highest BCUT2D eigenvalue weighted by molar-refractivity contribution is 7.40. The average Bonchev–Trinajstić information content (AvgIpc) is 3.17. The first-order valence-electron chi connectivity index (χ1n) is 9.95. The summed E-state index contributed by atoms with van der Waals surface area (Å²) in [5.74, 6) is -0.0169. The summed E-state index contributed by atoms with van der Waals surface area (Å²) >= 11 is 0. The average molecular weight is 445 g/mol. The number of anilines is 1. The van der Waals surface area contributed by atoms with Crippen LogP contribution in [0.4, 0.5) is 5.82 Å². The minimum Gasteiger partial charge on any atom is -0.394 e. The first-order valence-corrected chi connectivity index (χ1v) is 11.2. The number of hydrogen-bond donors (Lipinski definition) is 4. The summed E-state index contributed by atoms with van der Waals surface area (Å²) in [6.45, 7) is 7.28. The van der Waals surface area contributed by atoms with Crippen LogP contribution in [-0.2, 0) is 13.8 Å². The van der Waals surface area contributed by atoms with Crippen LogP contribution < -0.4 is 10.5 Å². The summed E-state index contributed by atoms with van der Waals surface area (Å²) in [5, 5.41) is 29.4. The Kier molecular flexibility index (Phi) is 8.45. The van der Waals surface area contributed by atoms with Gasteiger partial charge in [-0.05, 0) is 31.3 Å². The van der Waals surface area contributed by atoms with Gasteiger partial charge < -0.3 is 25.9 Å². The third-order valence-corrected chi connectivity index (χ3v) is 6.97. The van der Waals surface area contributed by atoms with E-state index in [1.165, 1.54) is 10.9 Å². The predicted molar refractivity (Wildman–Crippen MR) is 109 cm³/mol. The predicted octanol–water partition coefficient (Wildman–Crippen LogP) is 1.52. The molecule has 30 heavy (non-hydrogen) atoms. The Hall–Kier alpha value is -1.91. The highest BCUT2D eigenvalue weighted by atomic mass is 31.1. The van der Waals surface area contributed by atoms with Crippen molar-refractivity contribution >= 4 is 25.0 Å². The van der Waals surface area contributed by atoms with E-state index in [9.17, 15) is 20.0 Å². The molecule has 2 aromatic rings. The summed E-state index contributed by atoms with van der Waals surface area (Å²) in [6, 6.07) is 0. The molecule has 0 spiro atoms. The standard InChI is InChI=1S/C18H31N5O6P/c1-5-12(3)30(27)29-18(4,6-2)7-8-28-17(13(25)9-24)22-10-20-14-15(19)23(26)11-21-16(14)22/h10-13,17,19,24-26H,5-9H2,1-4H3/q+1/p+1/t12?,13-,17?,18+/m1/s1. The van der Waals surface area contributed by atoms with Crippen LogP contribution in [0.5, 0.6) is 0 Å². The number of ether oxygens (including phenoxy) is 1. The van der Waals surface area contributed by atoms with Crippen molar-refractivity contribution in [1.82, 2.24) is 14.5 Å². The summed E-state index contributed by atoms with van der Waals surface area (Å²) in [5.41, 5.74) is 5.61. The van der Waals surface area contributed by atoms with Crippen LogP contribution in [0.15, 0.2) is 12.7 Å². The lowest BCUT2D eigenvalue weighted by atomic mass is 10.0. The van der Waals surface area contributed by atoms with Gasteiger partial charge in [0.15, 0.2) is 11.9 Å². The van der Waals surface area contributed by atoms with Crippen molar-refractivity contribution in [3.05, 3.63) is 12.7 Å². The first-order chi connectivity index (χ1) is 14.2. The van der Waals surface area contributed by atoms with Gasteiger partial charge in [0.1, 0.15) is 18.0 Å². The molecular formula is C18H32N5O6P+2. The van der Waals surface area contributed by atoms with Crippen LogP contribution in [0.25, 0.3) is 11.2 Å². The number of nitrogens with two attached hydrogens (primary N) is 1. The molecule has 2 aromatic heterocycles. The van der Waals surface area contributed by atoms with E-state index in [1.807, 2.05) is 27.7 Å². The molecular weight excluding hydrogens is 413 g/mol. The molecule has 0 aromatic carbocycles. The van der Waals surface area contributed by atoms with Crippen molar-refractivity contribution in [3.8, 4) is 0 Å². The number of aliphatic hydroxyl groups is 2. The summed E-state index contributed by atoms with van der Waals surface area (Å²) in [7, 11) is -1.81. The van der Waals surface area contributed by atoms with E-state index in [1.54, 1.807) is 0 Å². The summed E-state index contributed by atoms with van der Waals surface area (Å²) < 4.78 is 26.1. The number of nitrogens with zero attached hydrogens (tertiary/aromatic N) is 4. The minimum atomic E-state index is -1.81. The van der Waals surface area contributed by atoms with Crippen molar-refractivity contribution in [2.75, 3.05) is 18.9 Å². The lowest BCUT2D eigenvalue weighted by Crippen LogP contribution is -2.35. The van der Waals surface area contributed by atoms with Gasteiger partial charge in [-0.2, -0.15) is 0 Å². The topological polar surface area (TPSA) is 157 Å². The number of fused-ring (bicyclic) bond motifs is 1. The molecule has 2 rings (SSSR count). The number of aliphatic hydroxyl groups excluding tert-OH is 2. The van der Waals surface area contributed by atoms with Crippen LogP contribution in [0.3, 0.4) is 0 Å².